The maximum Gasteiger partial charge on any atom is 0.0784 e. The number of rotatable bonds is 12. The van der Waals surface area contributed by atoms with Crippen molar-refractivity contribution in [2.75, 3.05) is 19.8 Å². The largest absolute Gasteiger partial charge is 0.394 e. The first-order chi connectivity index (χ1) is 10.2. The summed E-state index contributed by atoms with van der Waals surface area (Å²) in [6.07, 6.45) is 3.67. The molecular weight excluding hydrogens is 280 g/mol. The molecule has 0 fully saturated rings. The molecule has 0 aromatic heterocycles. The quantitative estimate of drug-likeness (QED) is 0.594. The summed E-state index contributed by atoms with van der Waals surface area (Å²) in [5, 5.41) is 8.93. The highest BCUT2D eigenvalue weighted by molar-refractivity contribution is 4.75. The van der Waals surface area contributed by atoms with Crippen LogP contribution in [0.4, 0.5) is 0 Å². The van der Waals surface area contributed by atoms with Gasteiger partial charge in [-0.3, -0.25) is 0 Å². The zero-order valence-electron chi connectivity index (χ0n) is 15.7. The van der Waals surface area contributed by atoms with E-state index in [-0.39, 0.29) is 36.4 Å². The van der Waals surface area contributed by atoms with E-state index >= 15 is 0 Å². The van der Waals surface area contributed by atoms with Gasteiger partial charge in [0.15, 0.2) is 0 Å². The van der Waals surface area contributed by atoms with Crippen LogP contribution in [-0.2, 0) is 14.2 Å². The molecule has 22 heavy (non-hydrogen) atoms. The Kier molecular flexibility index (Phi) is 11.3. The monoisotopic (exact) mass is 318 g/mol. The van der Waals surface area contributed by atoms with Gasteiger partial charge >= 0.3 is 0 Å². The van der Waals surface area contributed by atoms with Crippen molar-refractivity contribution in [2.24, 2.45) is 5.41 Å². The van der Waals surface area contributed by atoms with Crippen LogP contribution >= 0.6 is 0 Å². The Morgan fingerprint density at radius 3 is 1.95 bits per heavy atom. The Morgan fingerprint density at radius 2 is 1.45 bits per heavy atom. The second-order valence-corrected chi connectivity index (χ2v) is 7.41. The van der Waals surface area contributed by atoms with Gasteiger partial charge in [-0.1, -0.05) is 40.5 Å². The molecule has 0 saturated carbocycles. The van der Waals surface area contributed by atoms with Crippen molar-refractivity contribution in [2.45, 2.75) is 92.1 Å². The van der Waals surface area contributed by atoms with Crippen molar-refractivity contribution in [3.05, 3.63) is 0 Å². The third-order valence-electron chi connectivity index (χ3n) is 3.67. The van der Waals surface area contributed by atoms with E-state index in [1.165, 1.54) is 12.8 Å². The van der Waals surface area contributed by atoms with Gasteiger partial charge in [-0.05, 0) is 32.6 Å². The van der Waals surface area contributed by atoms with E-state index in [1.807, 2.05) is 13.8 Å². The van der Waals surface area contributed by atoms with Gasteiger partial charge in [0.2, 0.25) is 0 Å². The van der Waals surface area contributed by atoms with Crippen molar-refractivity contribution in [3.8, 4) is 0 Å². The van der Waals surface area contributed by atoms with E-state index in [4.69, 9.17) is 19.3 Å². The summed E-state index contributed by atoms with van der Waals surface area (Å²) in [5.41, 5.74) is 0.148. The summed E-state index contributed by atoms with van der Waals surface area (Å²) in [6, 6.07) is 0. The average Bonchev–Trinajstić information content (AvgIpc) is 2.45. The van der Waals surface area contributed by atoms with Gasteiger partial charge in [0.05, 0.1) is 44.2 Å². The highest BCUT2D eigenvalue weighted by atomic mass is 16.6. The van der Waals surface area contributed by atoms with E-state index in [0.29, 0.717) is 13.2 Å². The van der Waals surface area contributed by atoms with E-state index in [0.717, 1.165) is 6.42 Å². The molecular formula is C18H38O4. The number of aliphatic hydroxyl groups excluding tert-OH is 1. The lowest BCUT2D eigenvalue weighted by molar-refractivity contribution is -0.113. The Bertz CT molecular complexity index is 262. The maximum absolute atomic E-state index is 8.93. The molecule has 0 rings (SSSR count). The maximum atomic E-state index is 8.93. The van der Waals surface area contributed by atoms with Crippen molar-refractivity contribution in [1.82, 2.24) is 0 Å². The number of hydrogen-bond acceptors (Lipinski definition) is 4. The predicted molar refractivity (Wildman–Crippen MR) is 91.2 cm³/mol. The summed E-state index contributed by atoms with van der Waals surface area (Å²) in [4.78, 5) is 0. The topological polar surface area (TPSA) is 47.9 Å². The molecule has 0 aliphatic rings. The van der Waals surface area contributed by atoms with E-state index < -0.39 is 0 Å². The van der Waals surface area contributed by atoms with Gasteiger partial charge in [-0.25, -0.2) is 0 Å². The fourth-order valence-electron chi connectivity index (χ4n) is 2.11. The van der Waals surface area contributed by atoms with Crippen LogP contribution in [0.2, 0.25) is 0 Å². The smallest absolute Gasteiger partial charge is 0.0784 e. The van der Waals surface area contributed by atoms with Gasteiger partial charge < -0.3 is 19.3 Å². The molecule has 0 heterocycles. The summed E-state index contributed by atoms with van der Waals surface area (Å²) >= 11 is 0. The third kappa shape index (κ3) is 10.5. The number of aliphatic hydroxyl groups is 1. The molecule has 0 bridgehead atoms. The fourth-order valence-corrected chi connectivity index (χ4v) is 2.11. The molecule has 0 spiro atoms. The Balaban J connectivity index is 4.10. The number of ether oxygens (including phenoxy) is 3. The normalized spacial score (nSPS) is 18.0. The summed E-state index contributed by atoms with van der Waals surface area (Å²) in [5.74, 6) is 0. The molecule has 0 aromatic carbocycles. The molecule has 0 saturated heterocycles. The van der Waals surface area contributed by atoms with Crippen LogP contribution in [0, 0.1) is 5.41 Å². The van der Waals surface area contributed by atoms with Crippen LogP contribution in [0.1, 0.15) is 67.7 Å². The molecule has 0 aliphatic heterocycles. The van der Waals surface area contributed by atoms with Crippen LogP contribution in [0.25, 0.3) is 0 Å². The molecule has 4 atom stereocenters. The van der Waals surface area contributed by atoms with E-state index in [9.17, 15) is 0 Å². The number of hydrogen-bond donors (Lipinski definition) is 1. The molecule has 0 aromatic rings. The molecule has 4 unspecified atom stereocenters. The third-order valence-corrected chi connectivity index (χ3v) is 3.67. The van der Waals surface area contributed by atoms with Gasteiger partial charge in [-0.15, -0.1) is 0 Å². The second-order valence-electron chi connectivity index (χ2n) is 7.41. The van der Waals surface area contributed by atoms with Gasteiger partial charge in [0.25, 0.3) is 0 Å². The zero-order chi connectivity index (χ0) is 17.2. The van der Waals surface area contributed by atoms with Crippen LogP contribution < -0.4 is 0 Å². The van der Waals surface area contributed by atoms with Crippen LogP contribution in [0.15, 0.2) is 0 Å². The van der Waals surface area contributed by atoms with Crippen LogP contribution in [0.5, 0.6) is 0 Å². The molecule has 4 heteroatoms. The molecule has 0 amide bonds. The first-order valence-electron chi connectivity index (χ1n) is 8.70. The first-order valence-corrected chi connectivity index (χ1v) is 8.70. The Hall–Kier alpha value is -0.160. The molecule has 134 valence electrons. The lowest BCUT2D eigenvalue weighted by Crippen LogP contribution is -2.35. The average molecular weight is 318 g/mol. The second kappa shape index (κ2) is 11.4. The first kappa shape index (κ1) is 21.8. The van der Waals surface area contributed by atoms with Gasteiger partial charge in [0, 0.05) is 0 Å². The minimum atomic E-state index is -0.140. The Morgan fingerprint density at radius 1 is 0.909 bits per heavy atom. The van der Waals surface area contributed by atoms with Crippen molar-refractivity contribution in [3.63, 3.8) is 0 Å². The van der Waals surface area contributed by atoms with Crippen molar-refractivity contribution >= 4 is 0 Å². The minimum absolute atomic E-state index is 0.00350. The highest BCUT2D eigenvalue weighted by Gasteiger charge is 2.26. The SMILES string of the molecule is CCCCC(OC(C)COC(C)COC(C)CO)C(C)(C)C. The summed E-state index contributed by atoms with van der Waals surface area (Å²) in [6.45, 7) is 15.9. The molecule has 0 aliphatic carbocycles. The van der Waals surface area contributed by atoms with Crippen molar-refractivity contribution in [1.29, 1.82) is 0 Å². The van der Waals surface area contributed by atoms with E-state index in [2.05, 4.69) is 34.6 Å². The predicted octanol–water partition coefficient (Wildman–Crippen LogP) is 3.80. The van der Waals surface area contributed by atoms with Crippen molar-refractivity contribution < 1.29 is 19.3 Å². The van der Waals surface area contributed by atoms with Gasteiger partial charge in [-0.2, -0.15) is 0 Å². The number of unbranched alkanes of at least 4 members (excludes halogenated alkanes) is 1. The lowest BCUT2D eigenvalue weighted by atomic mass is 9.86. The van der Waals surface area contributed by atoms with Crippen LogP contribution in [-0.4, -0.2) is 49.3 Å². The van der Waals surface area contributed by atoms with Gasteiger partial charge in [0.1, 0.15) is 0 Å². The molecule has 1 N–H and O–H groups in total. The van der Waals surface area contributed by atoms with E-state index in [1.54, 1.807) is 0 Å². The van der Waals surface area contributed by atoms with Crippen LogP contribution in [0.3, 0.4) is 0 Å². The minimum Gasteiger partial charge on any atom is -0.394 e. The zero-order valence-corrected chi connectivity index (χ0v) is 15.7. The molecule has 4 nitrogen and oxygen atoms in total. The summed E-state index contributed by atoms with van der Waals surface area (Å²) in [7, 11) is 0. The highest BCUT2D eigenvalue weighted by Crippen LogP contribution is 2.27. The summed E-state index contributed by atoms with van der Waals surface area (Å²) < 4.78 is 17.5. The lowest BCUT2D eigenvalue weighted by Gasteiger charge is -2.33. The standard InChI is InChI=1S/C18H38O4/c1-8-9-10-17(18(5,6)7)22-16(4)13-21-15(3)12-20-14(2)11-19/h14-17,19H,8-13H2,1-7H3. The molecule has 0 radical (unpaired) electrons. The Labute approximate surface area is 137 Å². The fraction of sp³-hybridized carbons (Fsp3) is 1.00.